The summed E-state index contributed by atoms with van der Waals surface area (Å²) in [6.07, 6.45) is 4.66. The van der Waals surface area contributed by atoms with E-state index in [1.807, 2.05) is 37.3 Å². The molecule has 1 amide bonds. The molecule has 0 saturated carbocycles. The number of carboxylic acids is 1. The second-order valence-corrected chi connectivity index (χ2v) is 12.1. The predicted molar refractivity (Wildman–Crippen MR) is 173 cm³/mol. The summed E-state index contributed by atoms with van der Waals surface area (Å²) in [6.45, 7) is 3.05. The van der Waals surface area contributed by atoms with Crippen LogP contribution in [-0.2, 0) is 32.6 Å². The fraction of sp³-hybridized carbons (Fsp3) is 0.306. The summed E-state index contributed by atoms with van der Waals surface area (Å²) in [6, 6.07) is 15.0. The average molecular weight is 643 g/mol. The highest BCUT2D eigenvalue weighted by molar-refractivity contribution is 5.86. The molecule has 1 aliphatic rings. The Morgan fingerprint density at radius 1 is 1.11 bits per heavy atom. The van der Waals surface area contributed by atoms with Crippen LogP contribution in [-0.4, -0.2) is 63.6 Å². The molecular weight excluding hydrogens is 606 g/mol. The van der Waals surface area contributed by atoms with Gasteiger partial charge in [-0.05, 0) is 61.6 Å². The minimum atomic E-state index is -0.879. The molecule has 1 aliphatic heterocycles. The highest BCUT2D eigenvalue weighted by atomic mass is 19.1. The number of ether oxygens (including phenoxy) is 2. The van der Waals surface area contributed by atoms with Crippen molar-refractivity contribution in [1.29, 1.82) is 0 Å². The number of benzene rings is 3. The molecular formula is C36H36F2N4O5. The van der Waals surface area contributed by atoms with Crippen LogP contribution in [0.2, 0.25) is 0 Å². The summed E-state index contributed by atoms with van der Waals surface area (Å²) in [4.78, 5) is 36.9. The summed E-state index contributed by atoms with van der Waals surface area (Å²) in [5, 5.41) is 9.94. The van der Waals surface area contributed by atoms with Gasteiger partial charge < -0.3 is 29.4 Å². The number of fused-ring (bicyclic) bond motifs is 8. The molecule has 47 heavy (non-hydrogen) atoms. The van der Waals surface area contributed by atoms with E-state index in [4.69, 9.17) is 9.47 Å². The van der Waals surface area contributed by atoms with Gasteiger partial charge in [-0.15, -0.1) is 0 Å². The number of hydrogen-bond donors (Lipinski definition) is 3. The van der Waals surface area contributed by atoms with Crippen molar-refractivity contribution in [1.82, 2.24) is 19.9 Å². The van der Waals surface area contributed by atoms with Gasteiger partial charge >= 0.3 is 5.97 Å². The zero-order chi connectivity index (χ0) is 33.1. The quantitative estimate of drug-likeness (QED) is 0.199. The number of hydrogen-bond acceptors (Lipinski definition) is 5. The number of imidazole rings is 1. The lowest BCUT2D eigenvalue weighted by molar-refractivity contribution is -0.137. The number of carboxylic acid groups (broad SMARTS) is 1. The van der Waals surface area contributed by atoms with Crippen LogP contribution in [0, 0.1) is 11.6 Å². The zero-order valence-corrected chi connectivity index (χ0v) is 26.2. The van der Waals surface area contributed by atoms with Crippen molar-refractivity contribution in [3.05, 3.63) is 101 Å². The Balaban J connectivity index is 1.42. The number of amides is 1. The van der Waals surface area contributed by atoms with E-state index in [2.05, 4.69) is 15.0 Å². The largest absolute Gasteiger partial charge is 0.481 e. The van der Waals surface area contributed by atoms with Crippen molar-refractivity contribution in [2.45, 2.75) is 44.4 Å². The molecule has 1 unspecified atom stereocenters. The number of carbonyl (C=O) groups is 2. The van der Waals surface area contributed by atoms with E-state index in [-0.39, 0.29) is 54.7 Å². The van der Waals surface area contributed by atoms with Crippen LogP contribution in [0.5, 0.6) is 11.5 Å². The van der Waals surface area contributed by atoms with E-state index in [9.17, 15) is 14.7 Å². The topological polar surface area (TPSA) is 121 Å². The molecule has 4 bridgehead atoms. The van der Waals surface area contributed by atoms with E-state index < -0.39 is 23.0 Å². The molecule has 2 aromatic heterocycles. The number of H-pyrrole nitrogens is 2. The molecule has 3 N–H and O–H groups in total. The monoisotopic (exact) mass is 642 g/mol. The van der Waals surface area contributed by atoms with Gasteiger partial charge in [0, 0.05) is 73.7 Å². The maximum Gasteiger partial charge on any atom is 0.303 e. The number of aryl methyl sites for hydroxylation is 2. The van der Waals surface area contributed by atoms with Crippen LogP contribution in [0.4, 0.5) is 8.78 Å². The fourth-order valence-corrected chi connectivity index (χ4v) is 6.05. The van der Waals surface area contributed by atoms with E-state index in [1.54, 1.807) is 24.3 Å². The Morgan fingerprint density at radius 3 is 2.79 bits per heavy atom. The van der Waals surface area contributed by atoms with E-state index in [1.165, 1.54) is 24.3 Å². The molecule has 244 valence electrons. The Kier molecular flexibility index (Phi) is 9.08. The number of aromatic amines is 2. The molecule has 3 aromatic carbocycles. The van der Waals surface area contributed by atoms with E-state index in [0.29, 0.717) is 42.8 Å². The van der Waals surface area contributed by atoms with Crippen LogP contribution in [0.3, 0.4) is 0 Å². The van der Waals surface area contributed by atoms with Crippen LogP contribution in [0.15, 0.2) is 67.0 Å². The molecule has 0 aliphatic carbocycles. The third kappa shape index (κ3) is 6.76. The van der Waals surface area contributed by atoms with Crippen molar-refractivity contribution in [2.24, 2.45) is 0 Å². The smallest absolute Gasteiger partial charge is 0.303 e. The molecule has 5 aromatic rings. The number of aromatic nitrogens is 3. The van der Waals surface area contributed by atoms with Crippen molar-refractivity contribution in [2.75, 3.05) is 26.8 Å². The van der Waals surface area contributed by atoms with Gasteiger partial charge in [0.25, 0.3) is 0 Å². The van der Waals surface area contributed by atoms with Crippen LogP contribution < -0.4 is 4.74 Å². The maximum absolute atomic E-state index is 15.5. The second kappa shape index (κ2) is 13.4. The predicted octanol–water partition coefficient (Wildman–Crippen LogP) is 6.76. The van der Waals surface area contributed by atoms with E-state index >= 15 is 8.78 Å². The highest BCUT2D eigenvalue weighted by Crippen LogP contribution is 2.38. The lowest BCUT2D eigenvalue weighted by Gasteiger charge is -2.29. The lowest BCUT2D eigenvalue weighted by atomic mass is 9.79. The summed E-state index contributed by atoms with van der Waals surface area (Å²) in [7, 11) is 1.73. The molecule has 6 rings (SSSR count). The molecule has 0 spiro atoms. The van der Waals surface area contributed by atoms with Gasteiger partial charge in [-0.2, -0.15) is 0 Å². The Labute approximate surface area is 270 Å². The first-order chi connectivity index (χ1) is 22.6. The standard InChI is InChI=1S/C36H36F2N4O5/c1-36(23-6-3-5-22(17-23)7-12-33(44)45)21-46-16-4-15-42(2)32(43)11-9-26-25-13-14-39-30(25)19-29(38)34(26)47-24-8-10-28(37)27(18-24)35-40-20-31(36)41-35/h3,5-6,8,10,13-14,17-20,39H,4,7,9,11-12,15-16,21H2,1-2H3,(H,40,41)(H,44,45). The second-order valence-electron chi connectivity index (χ2n) is 12.1. The van der Waals surface area contributed by atoms with Crippen molar-refractivity contribution in [3.8, 4) is 22.9 Å². The summed E-state index contributed by atoms with van der Waals surface area (Å²) < 4.78 is 43.2. The number of aliphatic carboxylic acids is 1. The third-order valence-corrected chi connectivity index (χ3v) is 8.83. The molecule has 3 heterocycles. The molecule has 0 saturated heterocycles. The summed E-state index contributed by atoms with van der Waals surface area (Å²) in [5.41, 5.74) is 2.87. The van der Waals surface area contributed by atoms with E-state index in [0.717, 1.165) is 16.5 Å². The number of rotatable bonds is 4. The lowest BCUT2D eigenvalue weighted by Crippen LogP contribution is -2.32. The summed E-state index contributed by atoms with van der Waals surface area (Å²) >= 11 is 0. The van der Waals surface area contributed by atoms with Gasteiger partial charge in [0.15, 0.2) is 11.6 Å². The SMILES string of the molecule is CN1CCCOCC(C)(c2cccc(CCC(=O)O)c2)c2cnc([nH]2)-c2cc(ccc2F)Oc2c(F)cc3[nH]ccc3c2CCC1=O. The van der Waals surface area contributed by atoms with Crippen LogP contribution in [0.1, 0.15) is 48.6 Å². The normalized spacial score (nSPS) is 17.8. The van der Waals surface area contributed by atoms with Gasteiger partial charge in [-0.3, -0.25) is 9.59 Å². The van der Waals surface area contributed by atoms with Crippen LogP contribution >= 0.6 is 0 Å². The minimum absolute atomic E-state index is 0.000755. The fourth-order valence-electron chi connectivity index (χ4n) is 6.05. The molecule has 1 atom stereocenters. The van der Waals surface area contributed by atoms with Crippen molar-refractivity contribution in [3.63, 3.8) is 0 Å². The van der Waals surface area contributed by atoms with Gasteiger partial charge in [0.2, 0.25) is 5.91 Å². The number of nitrogens with one attached hydrogen (secondary N) is 2. The maximum atomic E-state index is 15.5. The summed E-state index contributed by atoms with van der Waals surface area (Å²) in [5.74, 6) is -1.70. The minimum Gasteiger partial charge on any atom is -0.481 e. The van der Waals surface area contributed by atoms with Gasteiger partial charge in [0.05, 0.1) is 17.6 Å². The number of carbonyl (C=O) groups excluding carboxylic acids is 1. The van der Waals surface area contributed by atoms with Gasteiger partial charge in [-0.25, -0.2) is 13.8 Å². The highest BCUT2D eigenvalue weighted by Gasteiger charge is 2.32. The molecule has 9 nitrogen and oxygen atoms in total. The van der Waals surface area contributed by atoms with Crippen molar-refractivity contribution >= 4 is 22.8 Å². The first kappa shape index (κ1) is 31.9. The first-order valence-electron chi connectivity index (χ1n) is 15.6. The van der Waals surface area contributed by atoms with Gasteiger partial charge in [-0.1, -0.05) is 24.3 Å². The molecule has 0 fully saturated rings. The van der Waals surface area contributed by atoms with Crippen LogP contribution in [0.25, 0.3) is 22.3 Å². The van der Waals surface area contributed by atoms with Crippen molar-refractivity contribution < 1.29 is 33.0 Å². The Bertz CT molecular complexity index is 1940. The number of nitrogens with zero attached hydrogens (tertiary/aromatic N) is 2. The molecule has 11 heteroatoms. The first-order valence-corrected chi connectivity index (χ1v) is 15.6. The van der Waals surface area contributed by atoms with Gasteiger partial charge in [0.1, 0.15) is 17.4 Å². The Hall–Kier alpha value is -5.03. The third-order valence-electron chi connectivity index (χ3n) is 8.83. The zero-order valence-electron chi connectivity index (χ0n) is 26.2. The molecule has 0 radical (unpaired) electrons. The average Bonchev–Trinajstić information content (AvgIpc) is 3.74. The number of halogens is 2. The Morgan fingerprint density at radius 2 is 1.96 bits per heavy atom.